The highest BCUT2D eigenvalue weighted by Gasteiger charge is 2.28. The van der Waals surface area contributed by atoms with Crippen LogP contribution in [0.4, 0.5) is 0 Å². The fourth-order valence-corrected chi connectivity index (χ4v) is 1.84. The molecule has 76 valence electrons. The van der Waals surface area contributed by atoms with Gasteiger partial charge in [-0.25, -0.2) is 0 Å². The van der Waals surface area contributed by atoms with Gasteiger partial charge in [-0.1, -0.05) is 20.8 Å². The first-order chi connectivity index (χ1) is 6.13. The second kappa shape index (κ2) is 4.61. The van der Waals surface area contributed by atoms with Crippen molar-refractivity contribution in [2.75, 3.05) is 13.1 Å². The summed E-state index contributed by atoms with van der Waals surface area (Å²) in [5, 5.41) is 3.40. The zero-order chi connectivity index (χ0) is 9.84. The molecule has 1 amide bonds. The molecule has 1 saturated heterocycles. The van der Waals surface area contributed by atoms with Crippen LogP contribution < -0.4 is 5.32 Å². The molecule has 0 aromatic carbocycles. The molecule has 0 aliphatic carbocycles. The van der Waals surface area contributed by atoms with E-state index < -0.39 is 0 Å². The highest BCUT2D eigenvalue weighted by molar-refractivity contribution is 5.79. The summed E-state index contributed by atoms with van der Waals surface area (Å²) < 4.78 is 0. The lowest BCUT2D eigenvalue weighted by molar-refractivity contribution is -0.127. The zero-order valence-electron chi connectivity index (χ0n) is 8.84. The molecule has 0 aromatic rings. The van der Waals surface area contributed by atoms with E-state index in [-0.39, 0.29) is 0 Å². The van der Waals surface area contributed by atoms with Crippen LogP contribution in [0.2, 0.25) is 0 Å². The van der Waals surface area contributed by atoms with Crippen LogP contribution >= 0.6 is 0 Å². The van der Waals surface area contributed by atoms with Gasteiger partial charge in [0.05, 0.1) is 0 Å². The fraction of sp³-hybridized carbons (Fsp3) is 0.900. The maximum Gasteiger partial charge on any atom is 0.224 e. The standard InChI is InChI=1S/C10H20N2O/c1-4-5-12-7-9(6-10(12)13)11-8(2)3/h8-9,11H,4-7H2,1-3H3. The number of nitrogens with one attached hydrogen (secondary N) is 1. The van der Waals surface area contributed by atoms with Crippen LogP contribution in [-0.4, -0.2) is 36.0 Å². The number of carbonyl (C=O) groups is 1. The van der Waals surface area contributed by atoms with E-state index in [0.29, 0.717) is 24.4 Å². The van der Waals surface area contributed by atoms with E-state index in [1.807, 2.05) is 4.90 Å². The topological polar surface area (TPSA) is 32.3 Å². The largest absolute Gasteiger partial charge is 0.341 e. The third-order valence-electron chi connectivity index (χ3n) is 2.28. The molecule has 3 nitrogen and oxygen atoms in total. The van der Waals surface area contributed by atoms with Gasteiger partial charge < -0.3 is 10.2 Å². The summed E-state index contributed by atoms with van der Waals surface area (Å²) in [6.07, 6.45) is 1.73. The van der Waals surface area contributed by atoms with Gasteiger partial charge >= 0.3 is 0 Å². The second-order valence-electron chi connectivity index (χ2n) is 4.06. The SMILES string of the molecule is CCCN1CC(NC(C)C)CC1=O. The van der Waals surface area contributed by atoms with E-state index in [1.54, 1.807) is 0 Å². The Labute approximate surface area is 80.5 Å². The van der Waals surface area contributed by atoms with E-state index in [2.05, 4.69) is 26.1 Å². The van der Waals surface area contributed by atoms with Gasteiger partial charge in [-0.2, -0.15) is 0 Å². The highest BCUT2D eigenvalue weighted by Crippen LogP contribution is 2.11. The molecule has 0 saturated carbocycles. The second-order valence-corrected chi connectivity index (χ2v) is 4.06. The van der Waals surface area contributed by atoms with Crippen molar-refractivity contribution in [1.82, 2.24) is 10.2 Å². The molecular formula is C10H20N2O. The summed E-state index contributed by atoms with van der Waals surface area (Å²) >= 11 is 0. The lowest BCUT2D eigenvalue weighted by Gasteiger charge is -2.17. The van der Waals surface area contributed by atoms with Gasteiger partial charge in [0.25, 0.3) is 0 Å². The minimum absolute atomic E-state index is 0.306. The highest BCUT2D eigenvalue weighted by atomic mass is 16.2. The third kappa shape index (κ3) is 2.99. The third-order valence-corrected chi connectivity index (χ3v) is 2.28. The Morgan fingerprint density at radius 1 is 1.62 bits per heavy atom. The summed E-state index contributed by atoms with van der Waals surface area (Å²) in [6, 6.07) is 0.846. The Bertz CT molecular complexity index is 180. The quantitative estimate of drug-likeness (QED) is 0.707. The van der Waals surface area contributed by atoms with Crippen LogP contribution in [0.1, 0.15) is 33.6 Å². The van der Waals surface area contributed by atoms with Crippen molar-refractivity contribution in [3.8, 4) is 0 Å². The number of carbonyl (C=O) groups excluding carboxylic acids is 1. The van der Waals surface area contributed by atoms with Crippen LogP contribution in [0.15, 0.2) is 0 Å². The van der Waals surface area contributed by atoms with Crippen molar-refractivity contribution in [2.45, 2.75) is 45.7 Å². The molecule has 1 atom stereocenters. The van der Waals surface area contributed by atoms with Gasteiger partial charge in [0, 0.05) is 31.6 Å². The molecule has 0 aromatic heterocycles. The lowest BCUT2D eigenvalue weighted by atomic mass is 10.2. The van der Waals surface area contributed by atoms with Crippen molar-refractivity contribution < 1.29 is 4.79 Å². The van der Waals surface area contributed by atoms with Crippen molar-refractivity contribution >= 4 is 5.91 Å². The molecule has 1 unspecified atom stereocenters. The molecule has 1 rings (SSSR count). The van der Waals surface area contributed by atoms with Gasteiger partial charge in [0.1, 0.15) is 0 Å². The number of nitrogens with zero attached hydrogens (tertiary/aromatic N) is 1. The van der Waals surface area contributed by atoms with Gasteiger partial charge in [0.15, 0.2) is 0 Å². The van der Waals surface area contributed by atoms with Crippen LogP contribution in [0, 0.1) is 0 Å². The number of rotatable bonds is 4. The number of amides is 1. The Morgan fingerprint density at radius 3 is 2.85 bits per heavy atom. The van der Waals surface area contributed by atoms with Crippen molar-refractivity contribution in [1.29, 1.82) is 0 Å². The first-order valence-electron chi connectivity index (χ1n) is 5.17. The average molecular weight is 184 g/mol. The predicted octanol–water partition coefficient (Wildman–Crippen LogP) is 0.995. The molecule has 3 heteroatoms. The summed E-state index contributed by atoms with van der Waals surface area (Å²) in [7, 11) is 0. The van der Waals surface area contributed by atoms with Gasteiger partial charge in [-0.05, 0) is 6.42 Å². The number of likely N-dealkylation sites (tertiary alicyclic amines) is 1. The van der Waals surface area contributed by atoms with Crippen molar-refractivity contribution in [2.24, 2.45) is 0 Å². The Balaban J connectivity index is 2.36. The number of hydrogen-bond donors (Lipinski definition) is 1. The molecule has 0 spiro atoms. The molecule has 13 heavy (non-hydrogen) atoms. The van der Waals surface area contributed by atoms with Crippen LogP contribution in [0.25, 0.3) is 0 Å². The van der Waals surface area contributed by atoms with Crippen LogP contribution in [0.5, 0.6) is 0 Å². The van der Waals surface area contributed by atoms with E-state index in [0.717, 1.165) is 19.5 Å². The molecular weight excluding hydrogens is 164 g/mol. The van der Waals surface area contributed by atoms with Gasteiger partial charge in [-0.3, -0.25) is 4.79 Å². The summed E-state index contributed by atoms with van der Waals surface area (Å²) in [6.45, 7) is 8.15. The first-order valence-corrected chi connectivity index (χ1v) is 5.17. The summed E-state index contributed by atoms with van der Waals surface area (Å²) in [5.41, 5.74) is 0. The summed E-state index contributed by atoms with van der Waals surface area (Å²) in [5.74, 6) is 0.306. The summed E-state index contributed by atoms with van der Waals surface area (Å²) in [4.78, 5) is 13.4. The monoisotopic (exact) mass is 184 g/mol. The molecule has 1 aliphatic heterocycles. The normalized spacial score (nSPS) is 23.2. The molecule has 1 fully saturated rings. The van der Waals surface area contributed by atoms with Crippen LogP contribution in [-0.2, 0) is 4.79 Å². The molecule has 0 bridgehead atoms. The minimum Gasteiger partial charge on any atom is -0.341 e. The maximum absolute atomic E-state index is 11.4. The van der Waals surface area contributed by atoms with Crippen LogP contribution in [0.3, 0.4) is 0 Å². The van der Waals surface area contributed by atoms with Crippen molar-refractivity contribution in [3.63, 3.8) is 0 Å². The van der Waals surface area contributed by atoms with E-state index in [1.165, 1.54) is 0 Å². The minimum atomic E-state index is 0.306. The average Bonchev–Trinajstić information content (AvgIpc) is 2.31. The Morgan fingerprint density at radius 2 is 2.31 bits per heavy atom. The first kappa shape index (κ1) is 10.5. The Kier molecular flexibility index (Phi) is 3.72. The molecule has 0 radical (unpaired) electrons. The lowest BCUT2D eigenvalue weighted by Crippen LogP contribution is -2.37. The molecule has 1 aliphatic rings. The fourth-order valence-electron chi connectivity index (χ4n) is 1.84. The molecule has 1 N–H and O–H groups in total. The molecule has 1 heterocycles. The van der Waals surface area contributed by atoms with E-state index in [9.17, 15) is 4.79 Å². The van der Waals surface area contributed by atoms with E-state index >= 15 is 0 Å². The number of hydrogen-bond acceptors (Lipinski definition) is 2. The van der Waals surface area contributed by atoms with Gasteiger partial charge in [0.2, 0.25) is 5.91 Å². The van der Waals surface area contributed by atoms with E-state index in [4.69, 9.17) is 0 Å². The smallest absolute Gasteiger partial charge is 0.224 e. The zero-order valence-corrected chi connectivity index (χ0v) is 8.84. The van der Waals surface area contributed by atoms with Gasteiger partial charge in [-0.15, -0.1) is 0 Å². The Hall–Kier alpha value is -0.570. The van der Waals surface area contributed by atoms with Crippen molar-refractivity contribution in [3.05, 3.63) is 0 Å². The predicted molar refractivity (Wildman–Crippen MR) is 53.5 cm³/mol. The maximum atomic E-state index is 11.4.